The number of para-hydroxylation sites is 1. The molecule has 1 aromatic carbocycles. The summed E-state index contributed by atoms with van der Waals surface area (Å²) in [4.78, 5) is 9.15. The van der Waals surface area contributed by atoms with E-state index in [1.54, 1.807) is 30.3 Å². The lowest BCUT2D eigenvalue weighted by Crippen LogP contribution is -1.99. The van der Waals surface area contributed by atoms with Gasteiger partial charge in [0.15, 0.2) is 0 Å². The molecule has 0 aliphatic carbocycles. The van der Waals surface area contributed by atoms with Crippen LogP contribution in [-0.2, 0) is 9.09 Å². The van der Waals surface area contributed by atoms with Crippen molar-refractivity contribution in [3.05, 3.63) is 30.3 Å². The topological polar surface area (TPSA) is 55.8 Å². The maximum absolute atomic E-state index is 11.2. The summed E-state index contributed by atoms with van der Waals surface area (Å²) in [6, 6.07) is 8.28. The molecule has 1 atom stereocenters. The Balaban J connectivity index is 2.55. The number of hydrogen-bond donors (Lipinski definition) is 1. The van der Waals surface area contributed by atoms with Gasteiger partial charge < -0.3 is 4.52 Å². The second kappa shape index (κ2) is 5.37. The van der Waals surface area contributed by atoms with Gasteiger partial charge in [-0.25, -0.2) is 4.57 Å². The minimum Gasteiger partial charge on any atom is -0.404 e. The van der Waals surface area contributed by atoms with Crippen LogP contribution < -0.4 is 4.52 Å². The largest absolute Gasteiger partial charge is 0.527 e. The van der Waals surface area contributed by atoms with Crippen molar-refractivity contribution in [3.63, 3.8) is 0 Å². The predicted molar refractivity (Wildman–Crippen MR) is 53.6 cm³/mol. The number of phosphoric acid groups is 1. The van der Waals surface area contributed by atoms with Gasteiger partial charge in [0.25, 0.3) is 0 Å². The fourth-order valence-corrected chi connectivity index (χ4v) is 1.74. The molecule has 0 aromatic heterocycles. The summed E-state index contributed by atoms with van der Waals surface area (Å²) in [6.07, 6.45) is 0. The summed E-state index contributed by atoms with van der Waals surface area (Å²) in [5, 5.41) is 0. The van der Waals surface area contributed by atoms with E-state index in [-0.39, 0.29) is 18.2 Å². The highest BCUT2D eigenvalue weighted by Gasteiger charge is 2.21. The highest BCUT2D eigenvalue weighted by atomic mass is 35.5. The summed E-state index contributed by atoms with van der Waals surface area (Å²) >= 11 is 5.30. The van der Waals surface area contributed by atoms with Crippen molar-refractivity contribution in [2.24, 2.45) is 0 Å². The van der Waals surface area contributed by atoms with Gasteiger partial charge >= 0.3 is 7.82 Å². The molecule has 0 aliphatic heterocycles. The molecule has 1 unspecified atom stereocenters. The number of hydrogen-bond acceptors (Lipinski definition) is 3. The summed E-state index contributed by atoms with van der Waals surface area (Å²) in [6.45, 7) is -0.0256. The Bertz CT molecular complexity index is 316. The molecule has 14 heavy (non-hydrogen) atoms. The predicted octanol–water partition coefficient (Wildman–Crippen LogP) is 2.42. The Hall–Kier alpha value is -0.540. The van der Waals surface area contributed by atoms with Gasteiger partial charge in [0.05, 0.1) is 6.61 Å². The minimum absolute atomic E-state index is 0.0256. The minimum atomic E-state index is -4.02. The van der Waals surface area contributed by atoms with Gasteiger partial charge in [0.2, 0.25) is 0 Å². The lowest BCUT2D eigenvalue weighted by atomic mass is 10.3. The zero-order chi connectivity index (χ0) is 10.4. The third kappa shape index (κ3) is 4.11. The summed E-state index contributed by atoms with van der Waals surface area (Å²) < 4.78 is 20.5. The summed E-state index contributed by atoms with van der Waals surface area (Å²) in [5.41, 5.74) is 0. The Morgan fingerprint density at radius 3 is 2.57 bits per heavy atom. The average Bonchev–Trinajstić information content (AvgIpc) is 2.16. The first-order valence-corrected chi connectivity index (χ1v) is 5.95. The molecule has 0 saturated carbocycles. The van der Waals surface area contributed by atoms with E-state index in [1.165, 1.54) is 0 Å². The van der Waals surface area contributed by atoms with E-state index in [0.717, 1.165) is 0 Å². The fourth-order valence-electron chi connectivity index (χ4n) is 0.791. The summed E-state index contributed by atoms with van der Waals surface area (Å²) in [5.74, 6) is 0.427. The zero-order valence-corrected chi connectivity index (χ0v) is 8.95. The molecule has 0 aliphatic rings. The van der Waals surface area contributed by atoms with Crippen LogP contribution in [0.5, 0.6) is 5.75 Å². The number of phosphoric ester groups is 1. The molecule has 4 nitrogen and oxygen atoms in total. The molecular weight excluding hydrogens is 227 g/mol. The van der Waals surface area contributed by atoms with Gasteiger partial charge in [0, 0.05) is 5.88 Å². The molecule has 0 bridgehead atoms. The third-order valence-electron chi connectivity index (χ3n) is 1.30. The standard InChI is InChI=1S/C8H10ClO4P/c9-6-7-12-14(10,11)13-8-4-2-1-3-5-8/h1-5H,6-7H2,(H,10,11). The van der Waals surface area contributed by atoms with Gasteiger partial charge in [-0.2, -0.15) is 0 Å². The Morgan fingerprint density at radius 1 is 1.36 bits per heavy atom. The molecule has 0 saturated heterocycles. The van der Waals surface area contributed by atoms with Crippen LogP contribution in [-0.4, -0.2) is 17.4 Å². The van der Waals surface area contributed by atoms with Crippen molar-refractivity contribution in [3.8, 4) is 5.75 Å². The van der Waals surface area contributed by atoms with Crippen LogP contribution in [0.2, 0.25) is 0 Å². The van der Waals surface area contributed by atoms with E-state index in [0.29, 0.717) is 0 Å². The Kier molecular flexibility index (Phi) is 4.42. The first kappa shape index (κ1) is 11.5. The van der Waals surface area contributed by atoms with Crippen LogP contribution in [0.1, 0.15) is 0 Å². The molecule has 6 heteroatoms. The van der Waals surface area contributed by atoms with Crippen LogP contribution in [0.15, 0.2) is 30.3 Å². The molecule has 1 rings (SSSR count). The Labute approximate surface area is 87.0 Å². The van der Waals surface area contributed by atoms with Crippen molar-refractivity contribution in [2.75, 3.05) is 12.5 Å². The summed E-state index contributed by atoms with van der Waals surface area (Å²) in [7, 11) is -4.02. The fraction of sp³-hybridized carbons (Fsp3) is 0.250. The highest BCUT2D eigenvalue weighted by molar-refractivity contribution is 7.47. The van der Waals surface area contributed by atoms with E-state index < -0.39 is 7.82 Å². The Morgan fingerprint density at radius 2 is 2.00 bits per heavy atom. The zero-order valence-electron chi connectivity index (χ0n) is 7.30. The maximum atomic E-state index is 11.2. The molecule has 1 aromatic rings. The molecule has 0 fully saturated rings. The molecule has 0 heterocycles. The molecule has 0 radical (unpaired) electrons. The molecule has 0 amide bonds. The number of benzene rings is 1. The van der Waals surface area contributed by atoms with E-state index in [9.17, 15) is 4.57 Å². The molecule has 0 spiro atoms. The van der Waals surface area contributed by atoms with Gasteiger partial charge in [-0.15, -0.1) is 11.6 Å². The number of alkyl halides is 1. The maximum Gasteiger partial charge on any atom is 0.527 e. The second-order valence-corrected chi connectivity index (χ2v) is 4.15. The first-order chi connectivity index (χ1) is 6.64. The average molecular weight is 237 g/mol. The highest BCUT2D eigenvalue weighted by Crippen LogP contribution is 2.43. The van der Waals surface area contributed by atoms with Crippen molar-refractivity contribution in [2.45, 2.75) is 0 Å². The molecular formula is C8H10ClO4P. The van der Waals surface area contributed by atoms with Crippen molar-refractivity contribution >= 4 is 19.4 Å². The molecule has 1 N–H and O–H groups in total. The quantitative estimate of drug-likeness (QED) is 0.630. The lowest BCUT2D eigenvalue weighted by Gasteiger charge is -2.11. The van der Waals surface area contributed by atoms with Crippen LogP contribution in [0.4, 0.5) is 0 Å². The van der Waals surface area contributed by atoms with Gasteiger partial charge in [-0.1, -0.05) is 18.2 Å². The van der Waals surface area contributed by atoms with Gasteiger partial charge in [-0.3, -0.25) is 9.42 Å². The van der Waals surface area contributed by atoms with Crippen LogP contribution in [0.3, 0.4) is 0 Å². The van der Waals surface area contributed by atoms with Crippen molar-refractivity contribution in [1.82, 2.24) is 0 Å². The van der Waals surface area contributed by atoms with Gasteiger partial charge in [-0.05, 0) is 12.1 Å². The molecule has 78 valence electrons. The van der Waals surface area contributed by atoms with Crippen molar-refractivity contribution < 1.29 is 18.5 Å². The second-order valence-electron chi connectivity index (χ2n) is 2.40. The van der Waals surface area contributed by atoms with Gasteiger partial charge in [0.1, 0.15) is 5.75 Å². The number of halogens is 1. The van der Waals surface area contributed by atoms with Crippen LogP contribution in [0.25, 0.3) is 0 Å². The lowest BCUT2D eigenvalue weighted by molar-refractivity contribution is 0.214. The van der Waals surface area contributed by atoms with Crippen LogP contribution >= 0.6 is 19.4 Å². The van der Waals surface area contributed by atoms with E-state index in [2.05, 4.69) is 4.52 Å². The first-order valence-electron chi connectivity index (χ1n) is 3.92. The normalized spacial score (nSPS) is 14.7. The van der Waals surface area contributed by atoms with E-state index >= 15 is 0 Å². The van der Waals surface area contributed by atoms with Crippen molar-refractivity contribution in [1.29, 1.82) is 0 Å². The van der Waals surface area contributed by atoms with Crippen LogP contribution in [0, 0.1) is 0 Å². The van der Waals surface area contributed by atoms with E-state index in [4.69, 9.17) is 21.0 Å². The van der Waals surface area contributed by atoms with E-state index in [1.807, 2.05) is 0 Å². The third-order valence-corrected chi connectivity index (χ3v) is 2.40. The number of rotatable bonds is 5. The smallest absolute Gasteiger partial charge is 0.404 e. The SMILES string of the molecule is O=P(O)(OCCCl)Oc1ccccc1. The monoisotopic (exact) mass is 236 g/mol.